The standard InChI is InChI=1S/C13H17NO/c1-3-4-7-14-9-11-5-6-13(15-11)12-8-10(12)2/h1,5-6,10,12,14H,4,7-9H2,2H3. The molecular weight excluding hydrogens is 186 g/mol. The van der Waals surface area contributed by atoms with Gasteiger partial charge in [-0.2, -0.15) is 0 Å². The first-order valence-corrected chi connectivity index (χ1v) is 5.54. The lowest BCUT2D eigenvalue weighted by atomic mass is 10.3. The lowest BCUT2D eigenvalue weighted by Crippen LogP contribution is -2.13. The molecule has 0 amide bonds. The van der Waals surface area contributed by atoms with E-state index >= 15 is 0 Å². The molecule has 0 aromatic carbocycles. The predicted molar refractivity (Wildman–Crippen MR) is 60.4 cm³/mol. The Morgan fingerprint density at radius 2 is 2.40 bits per heavy atom. The SMILES string of the molecule is C#CCCNCc1ccc(C2CC2C)o1. The Labute approximate surface area is 91.1 Å². The number of hydrogen-bond donors (Lipinski definition) is 1. The van der Waals surface area contributed by atoms with E-state index < -0.39 is 0 Å². The van der Waals surface area contributed by atoms with Gasteiger partial charge in [0.25, 0.3) is 0 Å². The van der Waals surface area contributed by atoms with Crippen molar-refractivity contribution < 1.29 is 4.42 Å². The third kappa shape index (κ3) is 2.64. The van der Waals surface area contributed by atoms with Crippen molar-refractivity contribution >= 4 is 0 Å². The van der Waals surface area contributed by atoms with Crippen LogP contribution in [0.15, 0.2) is 16.5 Å². The van der Waals surface area contributed by atoms with E-state index in [1.807, 2.05) is 0 Å². The number of rotatable bonds is 5. The van der Waals surface area contributed by atoms with E-state index in [2.05, 4.69) is 30.3 Å². The van der Waals surface area contributed by atoms with Crippen molar-refractivity contribution in [2.75, 3.05) is 6.54 Å². The zero-order valence-electron chi connectivity index (χ0n) is 9.12. The van der Waals surface area contributed by atoms with Gasteiger partial charge in [-0.25, -0.2) is 0 Å². The Morgan fingerprint density at radius 3 is 3.07 bits per heavy atom. The highest BCUT2D eigenvalue weighted by molar-refractivity contribution is 5.17. The van der Waals surface area contributed by atoms with Crippen molar-refractivity contribution in [3.8, 4) is 12.3 Å². The predicted octanol–water partition coefficient (Wildman–Crippen LogP) is 2.52. The van der Waals surface area contributed by atoms with Gasteiger partial charge in [-0.3, -0.25) is 0 Å². The van der Waals surface area contributed by atoms with E-state index in [1.54, 1.807) is 0 Å². The third-order valence-corrected chi connectivity index (χ3v) is 2.90. The molecule has 1 fully saturated rings. The fraction of sp³-hybridized carbons (Fsp3) is 0.538. The van der Waals surface area contributed by atoms with Crippen LogP contribution in [0.25, 0.3) is 0 Å². The molecule has 1 saturated carbocycles. The van der Waals surface area contributed by atoms with Crippen LogP contribution in [-0.4, -0.2) is 6.54 Å². The average Bonchev–Trinajstić information content (AvgIpc) is 2.80. The van der Waals surface area contributed by atoms with Crippen molar-refractivity contribution in [3.05, 3.63) is 23.7 Å². The second-order valence-corrected chi connectivity index (χ2v) is 4.25. The topological polar surface area (TPSA) is 25.2 Å². The van der Waals surface area contributed by atoms with Crippen molar-refractivity contribution in [2.24, 2.45) is 5.92 Å². The Bertz CT molecular complexity index is 361. The summed E-state index contributed by atoms with van der Waals surface area (Å²) in [6.07, 6.45) is 7.21. The summed E-state index contributed by atoms with van der Waals surface area (Å²) in [7, 11) is 0. The summed E-state index contributed by atoms with van der Waals surface area (Å²) in [6.45, 7) is 3.90. The van der Waals surface area contributed by atoms with Crippen LogP contribution >= 0.6 is 0 Å². The van der Waals surface area contributed by atoms with Gasteiger partial charge in [-0.05, 0) is 24.5 Å². The summed E-state index contributed by atoms with van der Waals surface area (Å²) in [6, 6.07) is 4.16. The molecule has 1 N–H and O–H groups in total. The van der Waals surface area contributed by atoms with Crippen LogP contribution in [0.1, 0.15) is 37.2 Å². The van der Waals surface area contributed by atoms with Crippen LogP contribution in [0.5, 0.6) is 0 Å². The molecule has 0 spiro atoms. The smallest absolute Gasteiger partial charge is 0.117 e. The molecule has 1 aromatic heterocycles. The summed E-state index contributed by atoms with van der Waals surface area (Å²) >= 11 is 0. The van der Waals surface area contributed by atoms with Crippen LogP contribution in [0.3, 0.4) is 0 Å². The summed E-state index contributed by atoms with van der Waals surface area (Å²) in [5.74, 6) is 6.24. The van der Waals surface area contributed by atoms with Crippen LogP contribution < -0.4 is 5.32 Å². The molecule has 1 aliphatic rings. The Balaban J connectivity index is 1.78. The van der Waals surface area contributed by atoms with E-state index in [0.29, 0.717) is 5.92 Å². The molecule has 2 rings (SSSR count). The molecule has 2 nitrogen and oxygen atoms in total. The van der Waals surface area contributed by atoms with E-state index in [0.717, 1.165) is 36.9 Å². The summed E-state index contributed by atoms with van der Waals surface area (Å²) < 4.78 is 5.74. The van der Waals surface area contributed by atoms with Gasteiger partial charge >= 0.3 is 0 Å². The third-order valence-electron chi connectivity index (χ3n) is 2.90. The minimum Gasteiger partial charge on any atom is -0.464 e. The van der Waals surface area contributed by atoms with Crippen molar-refractivity contribution in [1.82, 2.24) is 5.32 Å². The number of nitrogens with one attached hydrogen (secondary N) is 1. The first-order chi connectivity index (χ1) is 7.31. The van der Waals surface area contributed by atoms with Crippen LogP contribution in [0.2, 0.25) is 0 Å². The lowest BCUT2D eigenvalue weighted by molar-refractivity contribution is 0.446. The molecule has 1 aromatic rings. The van der Waals surface area contributed by atoms with Crippen molar-refractivity contribution in [2.45, 2.75) is 32.2 Å². The monoisotopic (exact) mass is 203 g/mol. The average molecular weight is 203 g/mol. The first kappa shape index (κ1) is 10.3. The summed E-state index contributed by atoms with van der Waals surface area (Å²) in [5.41, 5.74) is 0. The van der Waals surface area contributed by atoms with E-state index in [-0.39, 0.29) is 0 Å². The molecule has 2 heteroatoms. The molecule has 2 atom stereocenters. The Kier molecular flexibility index (Phi) is 3.13. The maximum Gasteiger partial charge on any atom is 0.117 e. The van der Waals surface area contributed by atoms with Gasteiger partial charge in [0.05, 0.1) is 6.54 Å². The lowest BCUT2D eigenvalue weighted by Gasteiger charge is -1.98. The van der Waals surface area contributed by atoms with Gasteiger partial charge in [-0.1, -0.05) is 6.92 Å². The zero-order chi connectivity index (χ0) is 10.7. The molecule has 2 unspecified atom stereocenters. The molecule has 0 bridgehead atoms. The highest BCUT2D eigenvalue weighted by Crippen LogP contribution is 2.47. The van der Waals surface area contributed by atoms with Gasteiger partial charge in [0.2, 0.25) is 0 Å². The van der Waals surface area contributed by atoms with Gasteiger partial charge < -0.3 is 9.73 Å². The highest BCUT2D eigenvalue weighted by Gasteiger charge is 2.36. The highest BCUT2D eigenvalue weighted by atomic mass is 16.3. The molecule has 0 saturated heterocycles. The second-order valence-electron chi connectivity index (χ2n) is 4.25. The van der Waals surface area contributed by atoms with E-state index in [9.17, 15) is 0 Å². The molecule has 1 heterocycles. The van der Waals surface area contributed by atoms with Crippen molar-refractivity contribution in [1.29, 1.82) is 0 Å². The number of furan rings is 1. The van der Waals surface area contributed by atoms with Gasteiger partial charge in [0.1, 0.15) is 11.5 Å². The summed E-state index contributed by atoms with van der Waals surface area (Å²) in [4.78, 5) is 0. The maximum absolute atomic E-state index is 5.74. The van der Waals surface area contributed by atoms with Gasteiger partial charge in [0.15, 0.2) is 0 Å². The minimum absolute atomic E-state index is 0.671. The van der Waals surface area contributed by atoms with E-state index in [1.165, 1.54) is 6.42 Å². The Hall–Kier alpha value is -1.20. The normalized spacial score (nSPS) is 23.7. The number of terminal acetylenes is 1. The largest absolute Gasteiger partial charge is 0.464 e. The molecule has 80 valence electrons. The quantitative estimate of drug-likeness (QED) is 0.587. The second kappa shape index (κ2) is 4.55. The zero-order valence-corrected chi connectivity index (χ0v) is 9.12. The molecule has 15 heavy (non-hydrogen) atoms. The maximum atomic E-state index is 5.74. The summed E-state index contributed by atoms with van der Waals surface area (Å²) in [5, 5.41) is 3.25. The Morgan fingerprint density at radius 1 is 1.60 bits per heavy atom. The minimum atomic E-state index is 0.671. The molecular formula is C13H17NO. The van der Waals surface area contributed by atoms with Gasteiger partial charge in [0, 0.05) is 18.9 Å². The number of hydrogen-bond acceptors (Lipinski definition) is 2. The molecule has 1 aliphatic carbocycles. The molecule has 0 radical (unpaired) electrons. The van der Waals surface area contributed by atoms with Crippen LogP contribution in [-0.2, 0) is 6.54 Å². The first-order valence-electron chi connectivity index (χ1n) is 5.54. The van der Waals surface area contributed by atoms with E-state index in [4.69, 9.17) is 10.8 Å². The van der Waals surface area contributed by atoms with Crippen molar-refractivity contribution in [3.63, 3.8) is 0 Å². The van der Waals surface area contributed by atoms with Crippen LogP contribution in [0.4, 0.5) is 0 Å². The van der Waals surface area contributed by atoms with Gasteiger partial charge in [-0.15, -0.1) is 12.3 Å². The molecule has 0 aliphatic heterocycles. The fourth-order valence-corrected chi connectivity index (χ4v) is 1.78. The fourth-order valence-electron chi connectivity index (χ4n) is 1.78. The van der Waals surface area contributed by atoms with Crippen LogP contribution in [0, 0.1) is 18.3 Å².